The van der Waals surface area contributed by atoms with Gasteiger partial charge >= 0.3 is 0 Å². The summed E-state index contributed by atoms with van der Waals surface area (Å²) in [7, 11) is 1.45. The number of hydrogen-bond donors (Lipinski definition) is 3. The fourth-order valence-electron chi connectivity index (χ4n) is 3.01. The number of benzene rings is 2. The third kappa shape index (κ3) is 7.33. The van der Waals surface area contributed by atoms with Crippen molar-refractivity contribution < 1.29 is 19.1 Å². The Morgan fingerprint density at radius 1 is 0.844 bits per heavy atom. The lowest BCUT2D eigenvalue weighted by molar-refractivity contribution is -0.119. The molecule has 0 aliphatic rings. The van der Waals surface area contributed by atoms with E-state index in [1.165, 1.54) is 12.0 Å². The minimum Gasteiger partial charge on any atom is -0.375 e. The number of nitrogens with one attached hydrogen (secondary N) is 3. The lowest BCUT2D eigenvalue weighted by Crippen LogP contribution is -2.17. The van der Waals surface area contributed by atoms with Crippen LogP contribution >= 0.6 is 11.3 Å². The summed E-state index contributed by atoms with van der Waals surface area (Å²) in [5, 5.41) is 10.4. The first kappa shape index (κ1) is 23.2. The second-order valence-electron chi connectivity index (χ2n) is 7.07. The topological polar surface area (TPSA) is 96.5 Å². The highest BCUT2D eigenvalue weighted by molar-refractivity contribution is 7.09. The molecule has 0 aliphatic carbocycles. The van der Waals surface area contributed by atoms with E-state index in [-0.39, 0.29) is 24.3 Å². The minimum absolute atomic E-state index is 0.0278. The molecular formula is C24H25N3O4S. The summed E-state index contributed by atoms with van der Waals surface area (Å²) in [5.41, 5.74) is 2.20. The van der Waals surface area contributed by atoms with Crippen LogP contribution in [0, 0.1) is 0 Å². The Morgan fingerprint density at radius 3 is 2.25 bits per heavy atom. The highest BCUT2D eigenvalue weighted by Crippen LogP contribution is 2.17. The molecule has 8 heteroatoms. The normalized spacial score (nSPS) is 10.4. The van der Waals surface area contributed by atoms with Gasteiger partial charge in [0.25, 0.3) is 5.91 Å². The maximum absolute atomic E-state index is 12.6. The molecule has 32 heavy (non-hydrogen) atoms. The van der Waals surface area contributed by atoms with Crippen LogP contribution in [-0.2, 0) is 20.7 Å². The van der Waals surface area contributed by atoms with Crippen molar-refractivity contribution in [3.63, 3.8) is 0 Å². The van der Waals surface area contributed by atoms with Gasteiger partial charge in [0.15, 0.2) is 0 Å². The van der Waals surface area contributed by atoms with Gasteiger partial charge in [0, 0.05) is 41.0 Å². The van der Waals surface area contributed by atoms with Crippen molar-refractivity contribution in [2.45, 2.75) is 19.3 Å². The Bertz CT molecular complexity index is 1050. The fraction of sp³-hybridized carbons (Fsp3) is 0.208. The Hall–Kier alpha value is -3.49. The number of hydrogen-bond acceptors (Lipinski definition) is 5. The number of carbonyl (C=O) groups is 3. The van der Waals surface area contributed by atoms with Crippen molar-refractivity contribution in [3.05, 3.63) is 76.5 Å². The van der Waals surface area contributed by atoms with E-state index in [1.807, 2.05) is 11.4 Å². The first-order valence-corrected chi connectivity index (χ1v) is 11.0. The van der Waals surface area contributed by atoms with Gasteiger partial charge in [0.1, 0.15) is 6.61 Å². The standard InChI is InChI=1S/C24H25N3O4S/c1-31-16-23(29)25-18-10-12-19(13-11-18)27-24(30)17-5-2-6-20(15-17)26-22(28)9-3-7-21-8-4-14-32-21/h2,4-6,8,10-15H,3,7,9,16H2,1H3,(H,25,29)(H,26,28)(H,27,30). The molecule has 0 atom stereocenters. The summed E-state index contributed by atoms with van der Waals surface area (Å²) < 4.78 is 4.77. The second kappa shape index (κ2) is 11.8. The number of amides is 3. The van der Waals surface area contributed by atoms with Gasteiger partial charge in [0.05, 0.1) is 0 Å². The zero-order chi connectivity index (χ0) is 22.8. The smallest absolute Gasteiger partial charge is 0.255 e. The largest absolute Gasteiger partial charge is 0.375 e. The summed E-state index contributed by atoms with van der Waals surface area (Å²) in [6, 6.07) is 17.6. The Morgan fingerprint density at radius 2 is 1.56 bits per heavy atom. The molecule has 0 unspecified atom stereocenters. The summed E-state index contributed by atoms with van der Waals surface area (Å²) >= 11 is 1.69. The Kier molecular flexibility index (Phi) is 8.53. The van der Waals surface area contributed by atoms with Crippen LogP contribution in [0.1, 0.15) is 28.1 Å². The predicted molar refractivity (Wildman–Crippen MR) is 127 cm³/mol. The maximum atomic E-state index is 12.6. The highest BCUT2D eigenvalue weighted by Gasteiger charge is 2.09. The van der Waals surface area contributed by atoms with E-state index in [0.717, 1.165) is 12.8 Å². The van der Waals surface area contributed by atoms with Gasteiger partial charge in [0.2, 0.25) is 11.8 Å². The number of methoxy groups -OCH3 is 1. The molecule has 1 aromatic heterocycles. The molecule has 3 aromatic rings. The molecule has 0 spiro atoms. The second-order valence-corrected chi connectivity index (χ2v) is 8.11. The Labute approximate surface area is 190 Å². The van der Waals surface area contributed by atoms with Crippen LogP contribution in [0.4, 0.5) is 17.1 Å². The van der Waals surface area contributed by atoms with E-state index in [0.29, 0.717) is 29.0 Å². The minimum atomic E-state index is -0.296. The van der Waals surface area contributed by atoms with Crippen LogP contribution in [0.25, 0.3) is 0 Å². The number of aryl methyl sites for hydroxylation is 1. The van der Waals surface area contributed by atoms with E-state index < -0.39 is 0 Å². The first-order valence-electron chi connectivity index (χ1n) is 10.2. The lowest BCUT2D eigenvalue weighted by Gasteiger charge is -2.09. The molecule has 0 saturated carbocycles. The first-order chi connectivity index (χ1) is 15.5. The van der Waals surface area contributed by atoms with Crippen molar-refractivity contribution >= 4 is 46.1 Å². The fourth-order valence-corrected chi connectivity index (χ4v) is 3.76. The summed E-state index contributed by atoms with van der Waals surface area (Å²) in [4.78, 5) is 37.6. The van der Waals surface area contributed by atoms with E-state index in [4.69, 9.17) is 4.74 Å². The molecule has 3 amide bonds. The Balaban J connectivity index is 1.51. The molecule has 0 saturated heterocycles. The van der Waals surface area contributed by atoms with Crippen molar-refractivity contribution in [3.8, 4) is 0 Å². The van der Waals surface area contributed by atoms with Crippen molar-refractivity contribution in [1.29, 1.82) is 0 Å². The summed E-state index contributed by atoms with van der Waals surface area (Å²) in [6.07, 6.45) is 2.07. The quantitative estimate of drug-likeness (QED) is 0.421. The van der Waals surface area contributed by atoms with Crippen LogP contribution in [0.2, 0.25) is 0 Å². The molecule has 3 rings (SSSR count). The molecule has 0 aliphatic heterocycles. The molecule has 0 bridgehead atoms. The number of ether oxygens (including phenoxy) is 1. The van der Waals surface area contributed by atoms with Crippen LogP contribution in [0.3, 0.4) is 0 Å². The molecule has 166 valence electrons. The molecule has 3 N–H and O–H groups in total. The van der Waals surface area contributed by atoms with E-state index in [9.17, 15) is 14.4 Å². The number of carbonyl (C=O) groups excluding carboxylic acids is 3. The molecule has 2 aromatic carbocycles. The number of anilines is 3. The van der Waals surface area contributed by atoms with E-state index >= 15 is 0 Å². The number of rotatable bonds is 10. The van der Waals surface area contributed by atoms with Gasteiger partial charge in [-0.15, -0.1) is 11.3 Å². The SMILES string of the molecule is COCC(=O)Nc1ccc(NC(=O)c2cccc(NC(=O)CCCc3cccs3)c2)cc1. The van der Waals surface area contributed by atoms with Crippen molar-refractivity contribution in [2.75, 3.05) is 29.7 Å². The van der Waals surface area contributed by atoms with Gasteiger partial charge in [-0.2, -0.15) is 0 Å². The van der Waals surface area contributed by atoms with Gasteiger partial charge in [-0.25, -0.2) is 0 Å². The zero-order valence-corrected chi connectivity index (χ0v) is 18.5. The van der Waals surface area contributed by atoms with Crippen LogP contribution in [-0.4, -0.2) is 31.4 Å². The highest BCUT2D eigenvalue weighted by atomic mass is 32.1. The predicted octanol–water partition coefficient (Wildman–Crippen LogP) is 4.55. The summed E-state index contributed by atoms with van der Waals surface area (Å²) in [6.45, 7) is -0.0278. The van der Waals surface area contributed by atoms with Crippen molar-refractivity contribution in [2.24, 2.45) is 0 Å². The van der Waals surface area contributed by atoms with Crippen LogP contribution in [0.15, 0.2) is 66.0 Å². The van der Waals surface area contributed by atoms with Crippen LogP contribution in [0.5, 0.6) is 0 Å². The lowest BCUT2D eigenvalue weighted by atomic mass is 10.1. The average Bonchev–Trinajstić information content (AvgIpc) is 3.29. The monoisotopic (exact) mass is 451 g/mol. The molecule has 1 heterocycles. The van der Waals surface area contributed by atoms with Crippen molar-refractivity contribution in [1.82, 2.24) is 0 Å². The van der Waals surface area contributed by atoms with Gasteiger partial charge in [-0.1, -0.05) is 12.1 Å². The van der Waals surface area contributed by atoms with Gasteiger partial charge in [-0.3, -0.25) is 14.4 Å². The van der Waals surface area contributed by atoms with Gasteiger partial charge in [-0.05, 0) is 66.8 Å². The third-order valence-electron chi connectivity index (χ3n) is 4.52. The maximum Gasteiger partial charge on any atom is 0.255 e. The molecule has 7 nitrogen and oxygen atoms in total. The third-order valence-corrected chi connectivity index (χ3v) is 5.45. The molecule has 0 radical (unpaired) electrons. The number of thiophene rings is 1. The summed E-state index contributed by atoms with van der Waals surface area (Å²) in [5.74, 6) is -0.630. The van der Waals surface area contributed by atoms with E-state index in [2.05, 4.69) is 22.0 Å². The van der Waals surface area contributed by atoms with Gasteiger partial charge < -0.3 is 20.7 Å². The zero-order valence-electron chi connectivity index (χ0n) is 17.7. The molecule has 0 fully saturated rings. The van der Waals surface area contributed by atoms with E-state index in [1.54, 1.807) is 59.9 Å². The molecular weight excluding hydrogens is 426 g/mol. The average molecular weight is 452 g/mol. The van der Waals surface area contributed by atoms with Crippen LogP contribution < -0.4 is 16.0 Å².